The minimum atomic E-state index is -1.05. The molecule has 37 heavy (non-hydrogen) atoms. The second-order valence-corrected chi connectivity index (χ2v) is 11.0. The molecule has 0 unspecified atom stereocenters. The van der Waals surface area contributed by atoms with E-state index in [0.29, 0.717) is 49.1 Å². The summed E-state index contributed by atoms with van der Waals surface area (Å²) in [5, 5.41) is 11.6. The minimum absolute atomic E-state index is 0.141. The Labute approximate surface area is 215 Å². The van der Waals surface area contributed by atoms with E-state index in [1.807, 2.05) is 15.5 Å². The Hall–Kier alpha value is -3.04. The molecule has 0 bridgehead atoms. The van der Waals surface area contributed by atoms with Crippen LogP contribution in [-0.4, -0.2) is 66.7 Å². The van der Waals surface area contributed by atoms with Gasteiger partial charge in [-0.3, -0.25) is 19.1 Å². The van der Waals surface area contributed by atoms with Crippen molar-refractivity contribution in [3.05, 3.63) is 58.5 Å². The fourth-order valence-corrected chi connectivity index (χ4v) is 5.77. The maximum atomic E-state index is 14.6. The molecular formula is C28H34FN5O3. The van der Waals surface area contributed by atoms with Gasteiger partial charge in [-0.15, -0.1) is 0 Å². The number of hydrogen-bond acceptors (Lipinski definition) is 5. The van der Waals surface area contributed by atoms with Crippen LogP contribution in [0.25, 0.3) is 16.7 Å². The third-order valence-corrected chi connectivity index (χ3v) is 8.22. The first-order valence-corrected chi connectivity index (χ1v) is 13.5. The van der Waals surface area contributed by atoms with Gasteiger partial charge in [-0.05, 0) is 75.9 Å². The Bertz CT molecular complexity index is 1360. The molecule has 8 nitrogen and oxygen atoms in total. The molecule has 9 heteroatoms. The molecule has 3 aromatic rings. The predicted molar refractivity (Wildman–Crippen MR) is 138 cm³/mol. The van der Waals surface area contributed by atoms with Gasteiger partial charge in [0, 0.05) is 43.0 Å². The molecule has 0 radical (unpaired) electrons. The molecule has 3 fully saturated rings. The van der Waals surface area contributed by atoms with Crippen molar-refractivity contribution < 1.29 is 14.3 Å². The zero-order valence-corrected chi connectivity index (χ0v) is 21.1. The van der Waals surface area contributed by atoms with Crippen LogP contribution in [0.15, 0.2) is 41.6 Å². The zero-order chi connectivity index (χ0) is 25.6. The summed E-state index contributed by atoms with van der Waals surface area (Å²) in [5.41, 5.74) is 0.642. The number of nitrogens with zero attached hydrogens (tertiary/aromatic N) is 5. The monoisotopic (exact) mass is 507 g/mol. The molecule has 1 saturated carbocycles. The lowest BCUT2D eigenvalue weighted by Crippen LogP contribution is -2.50. The molecule has 2 aliphatic heterocycles. The molecule has 1 amide bonds. The second kappa shape index (κ2) is 9.68. The quantitative estimate of drug-likeness (QED) is 0.555. The van der Waals surface area contributed by atoms with Gasteiger partial charge in [0.25, 0.3) is 5.56 Å². The van der Waals surface area contributed by atoms with E-state index in [4.69, 9.17) is 0 Å². The lowest BCUT2D eigenvalue weighted by Gasteiger charge is -2.38. The first-order chi connectivity index (χ1) is 17.9. The van der Waals surface area contributed by atoms with Crippen LogP contribution in [0.5, 0.6) is 0 Å². The first-order valence-electron chi connectivity index (χ1n) is 13.5. The van der Waals surface area contributed by atoms with Crippen molar-refractivity contribution in [2.24, 2.45) is 5.92 Å². The van der Waals surface area contributed by atoms with Gasteiger partial charge in [-0.2, -0.15) is 0 Å². The van der Waals surface area contributed by atoms with Gasteiger partial charge in [-0.25, -0.2) is 9.37 Å². The van der Waals surface area contributed by atoms with Crippen molar-refractivity contribution in [1.82, 2.24) is 23.9 Å². The molecule has 1 N–H and O–H groups in total. The second-order valence-electron chi connectivity index (χ2n) is 11.0. The van der Waals surface area contributed by atoms with Crippen molar-refractivity contribution in [2.75, 3.05) is 26.2 Å². The number of fused-ring (bicyclic) bond motifs is 1. The molecule has 3 aliphatic rings. The Morgan fingerprint density at radius 2 is 1.84 bits per heavy atom. The SMILES string of the molecule is O=C(C1CC1)N1CCC(O)(Cn2cnc3c(ccn3-c3ccc(F)c(CN4CCCCC4)c3)c2=O)CC1. The molecule has 2 aromatic heterocycles. The van der Waals surface area contributed by atoms with Crippen molar-refractivity contribution in [3.8, 4) is 5.69 Å². The number of benzene rings is 1. The molecule has 2 saturated heterocycles. The van der Waals surface area contributed by atoms with Crippen LogP contribution < -0.4 is 5.56 Å². The Morgan fingerprint density at radius 3 is 2.57 bits per heavy atom. The van der Waals surface area contributed by atoms with Crippen LogP contribution in [0.4, 0.5) is 4.39 Å². The van der Waals surface area contributed by atoms with Gasteiger partial charge in [0.05, 0.1) is 17.5 Å². The average Bonchev–Trinajstić information content (AvgIpc) is 3.67. The molecule has 0 spiro atoms. The number of halogens is 1. The molecule has 6 rings (SSSR count). The van der Waals surface area contributed by atoms with Crippen LogP contribution in [0.1, 0.15) is 50.5 Å². The molecular weight excluding hydrogens is 473 g/mol. The highest BCUT2D eigenvalue weighted by molar-refractivity contribution is 5.81. The molecule has 1 aromatic carbocycles. The summed E-state index contributed by atoms with van der Waals surface area (Å²) in [7, 11) is 0. The fourth-order valence-electron chi connectivity index (χ4n) is 5.77. The van der Waals surface area contributed by atoms with Gasteiger partial charge >= 0.3 is 0 Å². The molecule has 0 atom stereocenters. The number of amides is 1. The summed E-state index contributed by atoms with van der Waals surface area (Å²) in [6.45, 7) is 3.70. The van der Waals surface area contributed by atoms with Crippen molar-refractivity contribution >= 4 is 16.9 Å². The van der Waals surface area contributed by atoms with Crippen LogP contribution in [-0.2, 0) is 17.9 Å². The van der Waals surface area contributed by atoms with E-state index in [1.165, 1.54) is 23.4 Å². The van der Waals surface area contributed by atoms with E-state index < -0.39 is 5.60 Å². The Balaban J connectivity index is 1.21. The summed E-state index contributed by atoms with van der Waals surface area (Å²) in [6.07, 6.45) is 9.61. The lowest BCUT2D eigenvalue weighted by molar-refractivity contribution is -0.137. The maximum absolute atomic E-state index is 14.6. The van der Waals surface area contributed by atoms with Crippen LogP contribution in [0, 0.1) is 11.7 Å². The number of aliphatic hydroxyl groups is 1. The number of rotatable bonds is 6. The third kappa shape index (κ3) is 4.94. The van der Waals surface area contributed by atoms with Crippen LogP contribution >= 0.6 is 0 Å². The smallest absolute Gasteiger partial charge is 0.262 e. The molecule has 1 aliphatic carbocycles. The highest BCUT2D eigenvalue weighted by atomic mass is 19.1. The Morgan fingerprint density at radius 1 is 1.08 bits per heavy atom. The minimum Gasteiger partial charge on any atom is -0.388 e. The van der Waals surface area contributed by atoms with E-state index in [9.17, 15) is 19.1 Å². The average molecular weight is 508 g/mol. The van der Waals surface area contributed by atoms with Gasteiger partial charge < -0.3 is 14.6 Å². The van der Waals surface area contributed by atoms with E-state index in [0.717, 1.165) is 44.5 Å². The number of carbonyl (C=O) groups is 1. The highest BCUT2D eigenvalue weighted by Crippen LogP contribution is 2.33. The van der Waals surface area contributed by atoms with E-state index >= 15 is 0 Å². The topological polar surface area (TPSA) is 83.6 Å². The van der Waals surface area contributed by atoms with Crippen molar-refractivity contribution in [1.29, 1.82) is 0 Å². The van der Waals surface area contributed by atoms with Crippen molar-refractivity contribution in [2.45, 2.75) is 63.6 Å². The fraction of sp³-hybridized carbons (Fsp3) is 0.536. The number of aromatic nitrogens is 3. The van der Waals surface area contributed by atoms with Crippen molar-refractivity contribution in [3.63, 3.8) is 0 Å². The van der Waals surface area contributed by atoms with Gasteiger partial charge in [-0.1, -0.05) is 6.42 Å². The highest BCUT2D eigenvalue weighted by Gasteiger charge is 2.39. The first kappa shape index (κ1) is 24.3. The van der Waals surface area contributed by atoms with Crippen LogP contribution in [0.2, 0.25) is 0 Å². The summed E-state index contributed by atoms with van der Waals surface area (Å²) in [4.78, 5) is 34.3. The largest absolute Gasteiger partial charge is 0.388 e. The lowest BCUT2D eigenvalue weighted by atomic mass is 9.91. The molecule has 196 valence electrons. The normalized spacial score (nSPS) is 20.4. The zero-order valence-electron chi connectivity index (χ0n) is 21.1. The predicted octanol–water partition coefficient (Wildman–Crippen LogP) is 3.08. The Kier molecular flexibility index (Phi) is 6.36. The third-order valence-electron chi connectivity index (χ3n) is 8.22. The van der Waals surface area contributed by atoms with Gasteiger partial charge in [0.15, 0.2) is 5.65 Å². The summed E-state index contributed by atoms with van der Waals surface area (Å²) in [6, 6.07) is 6.77. The number of carbonyl (C=O) groups excluding carboxylic acids is 1. The summed E-state index contributed by atoms with van der Waals surface area (Å²) >= 11 is 0. The van der Waals surface area contributed by atoms with Gasteiger partial charge in [0.1, 0.15) is 12.1 Å². The van der Waals surface area contributed by atoms with Gasteiger partial charge in [0.2, 0.25) is 5.91 Å². The number of piperidine rings is 2. The molecule has 4 heterocycles. The van der Waals surface area contributed by atoms with E-state index in [2.05, 4.69) is 9.88 Å². The summed E-state index contributed by atoms with van der Waals surface area (Å²) in [5.74, 6) is 0.147. The number of likely N-dealkylation sites (tertiary alicyclic amines) is 2. The van der Waals surface area contributed by atoms with Crippen LogP contribution in [0.3, 0.4) is 0 Å². The van der Waals surface area contributed by atoms with E-state index in [-0.39, 0.29) is 29.7 Å². The number of hydrogen-bond donors (Lipinski definition) is 1. The maximum Gasteiger partial charge on any atom is 0.262 e. The van der Waals surface area contributed by atoms with E-state index in [1.54, 1.807) is 18.3 Å². The summed E-state index contributed by atoms with van der Waals surface area (Å²) < 4.78 is 17.9. The standard InChI is InChI=1S/C28H34FN5O3/c29-24-7-6-22(16-21(24)17-31-11-2-1-3-12-31)34-13-8-23-25(34)30-19-33(27(23)36)18-28(37)9-14-32(15-10-28)26(35)20-4-5-20/h6-8,13,16,19-20,37H,1-5,9-12,14-15,17-18H2.